The third kappa shape index (κ3) is 3.95. The number of carbonyl (C=O) groups excluding carboxylic acids is 1. The molecular formula is C10H16N2O2S. The summed E-state index contributed by atoms with van der Waals surface area (Å²) in [7, 11) is 3.31. The fraction of sp³-hybridized carbons (Fsp3) is 0.600. The van der Waals surface area contributed by atoms with Crippen LogP contribution in [-0.2, 0) is 22.3 Å². The van der Waals surface area contributed by atoms with Gasteiger partial charge in [0.05, 0.1) is 18.7 Å². The van der Waals surface area contributed by atoms with E-state index in [0.717, 1.165) is 17.2 Å². The first-order valence-corrected chi connectivity index (χ1v) is 5.93. The van der Waals surface area contributed by atoms with Gasteiger partial charge in [0.25, 0.3) is 0 Å². The zero-order chi connectivity index (χ0) is 11.3. The van der Waals surface area contributed by atoms with Gasteiger partial charge >= 0.3 is 5.97 Å². The highest BCUT2D eigenvalue weighted by Crippen LogP contribution is 2.14. The molecule has 1 unspecified atom stereocenters. The van der Waals surface area contributed by atoms with E-state index in [4.69, 9.17) is 0 Å². The van der Waals surface area contributed by atoms with E-state index in [0.29, 0.717) is 0 Å². The van der Waals surface area contributed by atoms with Gasteiger partial charge in [-0.05, 0) is 6.07 Å². The lowest BCUT2D eigenvalue weighted by atomic mass is 10.2. The van der Waals surface area contributed by atoms with Crippen molar-refractivity contribution < 1.29 is 9.53 Å². The van der Waals surface area contributed by atoms with Crippen molar-refractivity contribution in [1.29, 1.82) is 0 Å². The normalized spacial score (nSPS) is 12.5. The molecule has 1 aromatic rings. The van der Waals surface area contributed by atoms with Crippen molar-refractivity contribution >= 4 is 17.7 Å². The zero-order valence-electron chi connectivity index (χ0n) is 9.27. The van der Waals surface area contributed by atoms with Crippen LogP contribution in [0.1, 0.15) is 12.6 Å². The lowest BCUT2D eigenvalue weighted by Crippen LogP contribution is -2.14. The summed E-state index contributed by atoms with van der Waals surface area (Å²) in [5.41, 5.74) is 1.04. The molecule has 1 aromatic heterocycles. The highest BCUT2D eigenvalue weighted by Gasteiger charge is 2.12. The van der Waals surface area contributed by atoms with Crippen LogP contribution in [0.2, 0.25) is 0 Å². The summed E-state index contributed by atoms with van der Waals surface area (Å²) in [5.74, 6) is 1.40. The highest BCUT2D eigenvalue weighted by atomic mass is 32.2. The number of hydrogen-bond donors (Lipinski definition) is 0. The maximum absolute atomic E-state index is 11.1. The van der Waals surface area contributed by atoms with E-state index < -0.39 is 0 Å². The first-order valence-electron chi connectivity index (χ1n) is 4.77. The molecule has 1 rings (SSSR count). The molecule has 0 saturated carbocycles. The Bertz CT molecular complexity index is 325. The SMILES string of the molecule is COC(=O)C(C)CSCc1ccn(C)n1. The van der Waals surface area contributed by atoms with Gasteiger partial charge in [-0.1, -0.05) is 6.92 Å². The van der Waals surface area contributed by atoms with Gasteiger partial charge in [0.15, 0.2) is 0 Å². The largest absolute Gasteiger partial charge is 0.469 e. The van der Waals surface area contributed by atoms with Crippen molar-refractivity contribution in [3.8, 4) is 0 Å². The van der Waals surface area contributed by atoms with Crippen molar-refractivity contribution in [2.75, 3.05) is 12.9 Å². The third-order valence-electron chi connectivity index (χ3n) is 1.99. The van der Waals surface area contributed by atoms with Crippen LogP contribution in [0.25, 0.3) is 0 Å². The van der Waals surface area contributed by atoms with E-state index in [2.05, 4.69) is 9.84 Å². The number of aromatic nitrogens is 2. The van der Waals surface area contributed by atoms with Crippen molar-refractivity contribution in [2.45, 2.75) is 12.7 Å². The summed E-state index contributed by atoms with van der Waals surface area (Å²) in [6.45, 7) is 1.87. The zero-order valence-corrected chi connectivity index (χ0v) is 10.1. The van der Waals surface area contributed by atoms with Crippen molar-refractivity contribution in [3.05, 3.63) is 18.0 Å². The molecule has 15 heavy (non-hydrogen) atoms. The first-order chi connectivity index (χ1) is 7.13. The molecule has 0 amide bonds. The number of rotatable bonds is 5. The van der Waals surface area contributed by atoms with Crippen LogP contribution < -0.4 is 0 Å². The van der Waals surface area contributed by atoms with Crippen LogP contribution in [-0.4, -0.2) is 28.6 Å². The second-order valence-electron chi connectivity index (χ2n) is 3.42. The summed E-state index contributed by atoms with van der Waals surface area (Å²) >= 11 is 1.69. The first kappa shape index (κ1) is 12.1. The van der Waals surface area contributed by atoms with Crippen LogP contribution in [0.5, 0.6) is 0 Å². The average molecular weight is 228 g/mol. The number of ether oxygens (including phenoxy) is 1. The van der Waals surface area contributed by atoms with Crippen molar-refractivity contribution in [2.24, 2.45) is 13.0 Å². The van der Waals surface area contributed by atoms with Crippen LogP contribution in [0.15, 0.2) is 12.3 Å². The van der Waals surface area contributed by atoms with E-state index in [1.807, 2.05) is 26.2 Å². The van der Waals surface area contributed by atoms with Crippen LogP contribution in [0, 0.1) is 5.92 Å². The number of thioether (sulfide) groups is 1. The van der Waals surface area contributed by atoms with Gasteiger partial charge in [0, 0.05) is 24.8 Å². The predicted molar refractivity (Wildman–Crippen MR) is 60.6 cm³/mol. The minimum atomic E-state index is -0.150. The summed E-state index contributed by atoms with van der Waals surface area (Å²) in [6, 6.07) is 1.98. The smallest absolute Gasteiger partial charge is 0.309 e. The molecule has 0 aliphatic carbocycles. The molecule has 0 fully saturated rings. The second kappa shape index (κ2) is 5.80. The molecule has 0 aliphatic rings. The summed E-state index contributed by atoms with van der Waals surface area (Å²) in [6.07, 6.45) is 1.92. The van der Waals surface area contributed by atoms with Crippen molar-refractivity contribution in [3.63, 3.8) is 0 Å². The lowest BCUT2D eigenvalue weighted by Gasteiger charge is -2.07. The Balaban J connectivity index is 2.24. The van der Waals surface area contributed by atoms with E-state index in [1.165, 1.54) is 7.11 Å². The molecule has 0 saturated heterocycles. The van der Waals surface area contributed by atoms with Crippen molar-refractivity contribution in [1.82, 2.24) is 9.78 Å². The fourth-order valence-corrected chi connectivity index (χ4v) is 2.12. The van der Waals surface area contributed by atoms with Gasteiger partial charge in [-0.15, -0.1) is 0 Å². The Morgan fingerprint density at radius 2 is 2.47 bits per heavy atom. The van der Waals surface area contributed by atoms with Gasteiger partial charge < -0.3 is 4.74 Å². The number of carbonyl (C=O) groups is 1. The maximum Gasteiger partial charge on any atom is 0.309 e. The Labute approximate surface area is 94.0 Å². The van der Waals surface area contributed by atoms with Gasteiger partial charge in [-0.25, -0.2) is 0 Å². The molecular weight excluding hydrogens is 212 g/mol. The third-order valence-corrected chi connectivity index (χ3v) is 3.23. The summed E-state index contributed by atoms with van der Waals surface area (Å²) in [5, 5.41) is 4.25. The quantitative estimate of drug-likeness (QED) is 0.716. The van der Waals surface area contributed by atoms with E-state index >= 15 is 0 Å². The number of esters is 1. The molecule has 4 nitrogen and oxygen atoms in total. The van der Waals surface area contributed by atoms with Gasteiger partial charge in [-0.2, -0.15) is 16.9 Å². The molecule has 1 atom stereocenters. The Kier molecular flexibility index (Phi) is 4.68. The molecule has 84 valence electrons. The van der Waals surface area contributed by atoms with Crippen LogP contribution >= 0.6 is 11.8 Å². The van der Waals surface area contributed by atoms with E-state index in [9.17, 15) is 4.79 Å². The molecule has 5 heteroatoms. The summed E-state index contributed by atoms with van der Waals surface area (Å²) in [4.78, 5) is 11.1. The lowest BCUT2D eigenvalue weighted by molar-refractivity contribution is -0.143. The number of hydrogen-bond acceptors (Lipinski definition) is 4. The monoisotopic (exact) mass is 228 g/mol. The molecule has 0 spiro atoms. The molecule has 0 aliphatic heterocycles. The van der Waals surface area contributed by atoms with E-state index in [-0.39, 0.29) is 11.9 Å². The number of aryl methyl sites for hydroxylation is 1. The molecule has 1 heterocycles. The summed E-state index contributed by atoms with van der Waals surface area (Å²) < 4.78 is 6.42. The number of methoxy groups -OCH3 is 1. The number of nitrogens with zero attached hydrogens (tertiary/aromatic N) is 2. The van der Waals surface area contributed by atoms with Gasteiger partial charge in [-0.3, -0.25) is 9.48 Å². The standard InChI is InChI=1S/C10H16N2O2S/c1-8(10(13)14-3)6-15-7-9-4-5-12(2)11-9/h4-5,8H,6-7H2,1-3H3. The average Bonchev–Trinajstić information content (AvgIpc) is 2.63. The minimum absolute atomic E-state index is 0.0521. The van der Waals surface area contributed by atoms with Crippen LogP contribution in [0.3, 0.4) is 0 Å². The van der Waals surface area contributed by atoms with E-state index in [1.54, 1.807) is 16.4 Å². The molecule has 0 radical (unpaired) electrons. The molecule has 0 bridgehead atoms. The van der Waals surface area contributed by atoms with Gasteiger partial charge in [0.2, 0.25) is 0 Å². The highest BCUT2D eigenvalue weighted by molar-refractivity contribution is 7.98. The Morgan fingerprint density at radius 3 is 3.00 bits per heavy atom. The molecule has 0 N–H and O–H groups in total. The van der Waals surface area contributed by atoms with Crippen LogP contribution in [0.4, 0.5) is 0 Å². The molecule has 0 aromatic carbocycles. The van der Waals surface area contributed by atoms with Gasteiger partial charge in [0.1, 0.15) is 0 Å². The predicted octanol–water partition coefficient (Wildman–Crippen LogP) is 1.46. The minimum Gasteiger partial charge on any atom is -0.469 e. The topological polar surface area (TPSA) is 44.1 Å². The Hall–Kier alpha value is -0.970. The fourth-order valence-electron chi connectivity index (χ4n) is 1.15. The second-order valence-corrected chi connectivity index (χ2v) is 4.45. The maximum atomic E-state index is 11.1. The Morgan fingerprint density at radius 1 is 1.73 bits per heavy atom.